The van der Waals surface area contributed by atoms with Crippen molar-refractivity contribution in [2.24, 2.45) is 0 Å². The van der Waals surface area contributed by atoms with E-state index in [0.29, 0.717) is 11.3 Å². The number of nitrogens with one attached hydrogen (secondary N) is 1. The molecule has 0 spiro atoms. The van der Waals surface area contributed by atoms with Crippen LogP contribution in [0.1, 0.15) is 30.0 Å². The van der Waals surface area contributed by atoms with E-state index in [4.69, 9.17) is 4.74 Å². The zero-order chi connectivity index (χ0) is 17.8. The normalized spacial score (nSPS) is 14.3. The minimum atomic E-state index is -3.60. The second kappa shape index (κ2) is 7.47. The molecule has 4 nitrogen and oxygen atoms in total. The Balaban J connectivity index is 2.29. The van der Waals surface area contributed by atoms with Crippen LogP contribution in [-0.2, 0) is 20.4 Å². The molecule has 0 bridgehead atoms. The number of methoxy groups -OCH3 is 1. The molecule has 0 radical (unpaired) electrons. The molecule has 2 rings (SSSR count). The van der Waals surface area contributed by atoms with Crippen LogP contribution in [0.2, 0.25) is 0 Å². The molecule has 0 amide bonds. The minimum absolute atomic E-state index is 0.180. The lowest BCUT2D eigenvalue weighted by molar-refractivity contribution is -0.0133. The number of aryl methyl sites for hydroxylation is 2. The van der Waals surface area contributed by atoms with E-state index in [-0.39, 0.29) is 6.54 Å². The van der Waals surface area contributed by atoms with Crippen molar-refractivity contribution in [3.8, 4) is 0 Å². The van der Waals surface area contributed by atoms with E-state index in [1.165, 1.54) is 0 Å². The van der Waals surface area contributed by atoms with Crippen molar-refractivity contribution < 1.29 is 13.2 Å². The molecule has 0 heterocycles. The first-order chi connectivity index (χ1) is 11.3. The Hall–Kier alpha value is -1.69. The molecule has 1 atom stereocenters. The van der Waals surface area contributed by atoms with E-state index in [1.807, 2.05) is 63.2 Å². The molecular weight excluding hydrogens is 322 g/mol. The van der Waals surface area contributed by atoms with Crippen LogP contribution in [0.5, 0.6) is 0 Å². The summed E-state index contributed by atoms with van der Waals surface area (Å²) in [5.74, 6) is 0. The van der Waals surface area contributed by atoms with Crippen molar-refractivity contribution in [2.45, 2.75) is 37.7 Å². The quantitative estimate of drug-likeness (QED) is 0.833. The summed E-state index contributed by atoms with van der Waals surface area (Å²) >= 11 is 0. The van der Waals surface area contributed by atoms with Crippen molar-refractivity contribution in [3.05, 3.63) is 65.2 Å². The van der Waals surface area contributed by atoms with Crippen LogP contribution in [0.3, 0.4) is 0 Å². The summed E-state index contributed by atoms with van der Waals surface area (Å²) < 4.78 is 33.9. The van der Waals surface area contributed by atoms with Crippen LogP contribution in [0.25, 0.3) is 0 Å². The van der Waals surface area contributed by atoms with Gasteiger partial charge in [0.15, 0.2) is 0 Å². The van der Waals surface area contributed by atoms with Gasteiger partial charge in [-0.05, 0) is 37.5 Å². The lowest BCUT2D eigenvalue weighted by atomic mass is 9.91. The van der Waals surface area contributed by atoms with Crippen molar-refractivity contribution in [1.82, 2.24) is 4.72 Å². The Kier molecular flexibility index (Phi) is 5.80. The summed E-state index contributed by atoms with van der Waals surface area (Å²) in [6, 6.07) is 15.0. The number of rotatable bonds is 7. The lowest BCUT2D eigenvalue weighted by Crippen LogP contribution is -2.42. The molecule has 0 aliphatic carbocycles. The molecule has 130 valence electrons. The first-order valence-electron chi connectivity index (χ1n) is 8.02. The fraction of sp³-hybridized carbons (Fsp3) is 0.368. The Morgan fingerprint density at radius 2 is 1.75 bits per heavy atom. The molecule has 1 N–H and O–H groups in total. The summed E-state index contributed by atoms with van der Waals surface area (Å²) in [6.07, 6.45) is 0.656. The van der Waals surface area contributed by atoms with Gasteiger partial charge in [0.05, 0.1) is 4.90 Å². The highest BCUT2D eigenvalue weighted by molar-refractivity contribution is 7.89. The summed E-state index contributed by atoms with van der Waals surface area (Å²) in [4.78, 5) is 0.308. The molecule has 5 heteroatoms. The van der Waals surface area contributed by atoms with Crippen molar-refractivity contribution in [2.75, 3.05) is 13.7 Å². The Morgan fingerprint density at radius 1 is 1.08 bits per heavy atom. The van der Waals surface area contributed by atoms with Gasteiger partial charge in [0, 0.05) is 13.7 Å². The highest BCUT2D eigenvalue weighted by atomic mass is 32.2. The van der Waals surface area contributed by atoms with E-state index in [0.717, 1.165) is 16.7 Å². The third-order valence-electron chi connectivity index (χ3n) is 4.43. The summed E-state index contributed by atoms with van der Waals surface area (Å²) in [6.45, 7) is 5.92. The van der Waals surface area contributed by atoms with E-state index < -0.39 is 15.6 Å². The molecular formula is C19H25NO3S. The maximum absolute atomic E-state index is 12.7. The molecule has 2 aromatic carbocycles. The van der Waals surface area contributed by atoms with E-state index in [9.17, 15) is 8.42 Å². The number of hydrogen-bond acceptors (Lipinski definition) is 3. The highest BCUT2D eigenvalue weighted by Crippen LogP contribution is 2.29. The second-order valence-electron chi connectivity index (χ2n) is 6.01. The van der Waals surface area contributed by atoms with Crippen LogP contribution in [0, 0.1) is 13.8 Å². The molecule has 0 aromatic heterocycles. The van der Waals surface area contributed by atoms with Crippen LogP contribution < -0.4 is 4.72 Å². The van der Waals surface area contributed by atoms with Crippen LogP contribution in [0.4, 0.5) is 0 Å². The second-order valence-corrected chi connectivity index (χ2v) is 7.75. The van der Waals surface area contributed by atoms with Crippen molar-refractivity contribution >= 4 is 10.0 Å². The minimum Gasteiger partial charge on any atom is -0.372 e. The van der Waals surface area contributed by atoms with Gasteiger partial charge in [0.25, 0.3) is 0 Å². The maximum Gasteiger partial charge on any atom is 0.240 e. The maximum atomic E-state index is 12.7. The molecule has 0 aliphatic heterocycles. The van der Waals surface area contributed by atoms with E-state index >= 15 is 0 Å². The zero-order valence-electron chi connectivity index (χ0n) is 14.7. The molecule has 0 saturated heterocycles. The van der Waals surface area contributed by atoms with Crippen molar-refractivity contribution in [3.63, 3.8) is 0 Å². The van der Waals surface area contributed by atoms with Gasteiger partial charge in [-0.3, -0.25) is 0 Å². The first kappa shape index (κ1) is 18.6. The van der Waals surface area contributed by atoms with Crippen LogP contribution in [0.15, 0.2) is 53.4 Å². The zero-order valence-corrected chi connectivity index (χ0v) is 15.5. The molecule has 2 aromatic rings. The highest BCUT2D eigenvalue weighted by Gasteiger charge is 2.32. The summed E-state index contributed by atoms with van der Waals surface area (Å²) in [7, 11) is -1.99. The van der Waals surface area contributed by atoms with Gasteiger partial charge in [-0.2, -0.15) is 0 Å². The predicted molar refractivity (Wildman–Crippen MR) is 96.5 cm³/mol. The molecule has 0 fully saturated rings. The SMILES string of the molecule is CCC(CNS(=O)(=O)c1ccc(C)cc1C)(OC)c1ccccc1. The van der Waals surface area contributed by atoms with Gasteiger partial charge in [0.1, 0.15) is 5.60 Å². The average Bonchev–Trinajstić information content (AvgIpc) is 2.57. The smallest absolute Gasteiger partial charge is 0.240 e. The monoisotopic (exact) mass is 347 g/mol. The topological polar surface area (TPSA) is 55.4 Å². The number of ether oxygens (including phenoxy) is 1. The van der Waals surface area contributed by atoms with Crippen molar-refractivity contribution in [1.29, 1.82) is 0 Å². The average molecular weight is 347 g/mol. The lowest BCUT2D eigenvalue weighted by Gasteiger charge is -2.32. The van der Waals surface area contributed by atoms with Gasteiger partial charge in [-0.15, -0.1) is 0 Å². The van der Waals surface area contributed by atoms with Crippen LogP contribution in [-0.4, -0.2) is 22.1 Å². The Labute approximate surface area is 144 Å². The van der Waals surface area contributed by atoms with E-state index in [2.05, 4.69) is 4.72 Å². The standard InChI is InChI=1S/C19H25NO3S/c1-5-19(23-4,17-9-7-6-8-10-17)14-20-24(21,22)18-12-11-15(2)13-16(18)3/h6-13,20H,5,14H2,1-4H3. The summed E-state index contributed by atoms with van der Waals surface area (Å²) in [5, 5.41) is 0. The van der Waals surface area contributed by atoms with E-state index in [1.54, 1.807) is 13.2 Å². The van der Waals surface area contributed by atoms with Gasteiger partial charge in [-0.25, -0.2) is 13.1 Å². The third kappa shape index (κ3) is 3.86. The number of sulfonamides is 1. The van der Waals surface area contributed by atoms with Gasteiger partial charge in [-0.1, -0.05) is 55.0 Å². The van der Waals surface area contributed by atoms with Gasteiger partial charge >= 0.3 is 0 Å². The largest absolute Gasteiger partial charge is 0.372 e. The fourth-order valence-corrected chi connectivity index (χ4v) is 4.21. The molecule has 24 heavy (non-hydrogen) atoms. The molecule has 1 unspecified atom stereocenters. The van der Waals surface area contributed by atoms with Gasteiger partial charge < -0.3 is 4.74 Å². The molecule has 0 saturated carbocycles. The third-order valence-corrected chi connectivity index (χ3v) is 5.99. The predicted octanol–water partition coefficient (Wildman–Crippen LogP) is 3.53. The van der Waals surface area contributed by atoms with Crippen LogP contribution >= 0.6 is 0 Å². The number of hydrogen-bond donors (Lipinski definition) is 1. The Morgan fingerprint density at radius 3 is 2.29 bits per heavy atom. The Bertz CT molecular complexity index is 782. The van der Waals surface area contributed by atoms with Gasteiger partial charge in [0.2, 0.25) is 10.0 Å². The molecule has 0 aliphatic rings. The first-order valence-corrected chi connectivity index (χ1v) is 9.50. The summed E-state index contributed by atoms with van der Waals surface area (Å²) in [5.41, 5.74) is 2.04. The fourth-order valence-electron chi connectivity index (χ4n) is 2.90. The number of benzene rings is 2.